The summed E-state index contributed by atoms with van der Waals surface area (Å²) in [5.74, 6) is -0.936. The maximum Gasteiger partial charge on any atom is 0.356 e. The fraction of sp³-hybridized carbons (Fsp3) is 0.429. The molecule has 1 N–H and O–H groups in total. The van der Waals surface area contributed by atoms with Crippen LogP contribution in [0.2, 0.25) is 0 Å². The lowest BCUT2D eigenvalue weighted by molar-refractivity contribution is 0.0690. The molecule has 4 nitrogen and oxygen atoms in total. The molecule has 0 spiro atoms. The van der Waals surface area contributed by atoms with E-state index in [0.29, 0.717) is 0 Å². The Kier molecular flexibility index (Phi) is 2.60. The third kappa shape index (κ3) is 2.24. The van der Waals surface area contributed by atoms with Gasteiger partial charge in [0.2, 0.25) is 0 Å². The van der Waals surface area contributed by atoms with Gasteiger partial charge in [-0.2, -0.15) is 0 Å². The molecule has 1 rings (SSSR count). The number of nitrogens with zero attached hydrogens (tertiary/aromatic N) is 2. The monoisotopic (exact) mass is 190 g/mol. The largest absolute Gasteiger partial charge is 0.476 e. The average Bonchev–Trinajstić information content (AvgIpc) is 2.31. The van der Waals surface area contributed by atoms with E-state index in [0.717, 1.165) is 10.8 Å². The summed E-state index contributed by atoms with van der Waals surface area (Å²) in [6.45, 7) is 0.959. The third-order valence-electron chi connectivity index (χ3n) is 1.53. The summed E-state index contributed by atoms with van der Waals surface area (Å²) in [5, 5.41) is 8.49. The first-order valence-corrected chi connectivity index (χ1v) is 3.56. The van der Waals surface area contributed by atoms with Gasteiger partial charge in [-0.05, 0) is 6.92 Å². The Labute approximate surface area is 72.8 Å². The fourth-order valence-corrected chi connectivity index (χ4v) is 0.945. The maximum atomic E-state index is 11.9. The molecule has 6 heteroatoms. The molecule has 0 aromatic carbocycles. The van der Waals surface area contributed by atoms with Crippen LogP contribution in [0.5, 0.6) is 0 Å². The Morgan fingerprint density at radius 2 is 2.38 bits per heavy atom. The molecule has 0 saturated heterocycles. The lowest BCUT2D eigenvalue weighted by Gasteiger charge is -2.01. The van der Waals surface area contributed by atoms with Crippen molar-refractivity contribution < 1.29 is 18.7 Å². The number of aryl methyl sites for hydroxylation is 1. The zero-order valence-corrected chi connectivity index (χ0v) is 6.87. The standard InChI is InChI=1S/C7H8F2N2O2/c1-4-10-5(7(12)13)2-11(4)3-6(8)9/h2,6H,3H2,1H3,(H,12,13). The number of hydrogen-bond donors (Lipinski definition) is 1. The molecular weight excluding hydrogens is 182 g/mol. The van der Waals surface area contributed by atoms with E-state index in [2.05, 4.69) is 4.98 Å². The van der Waals surface area contributed by atoms with Crippen LogP contribution in [-0.4, -0.2) is 27.1 Å². The predicted octanol–water partition coefficient (Wildman–Crippen LogP) is 1.15. The highest BCUT2D eigenvalue weighted by Crippen LogP contribution is 2.05. The molecule has 1 heterocycles. The van der Waals surface area contributed by atoms with Crippen molar-refractivity contribution in [3.05, 3.63) is 17.7 Å². The summed E-state index contributed by atoms with van der Waals surface area (Å²) in [6, 6.07) is 0. The van der Waals surface area contributed by atoms with Crippen LogP contribution in [0.3, 0.4) is 0 Å². The second-order valence-corrected chi connectivity index (χ2v) is 2.52. The van der Waals surface area contributed by atoms with Crippen LogP contribution in [0.4, 0.5) is 8.78 Å². The Morgan fingerprint density at radius 1 is 1.77 bits per heavy atom. The molecule has 13 heavy (non-hydrogen) atoms. The molecule has 0 atom stereocenters. The number of aromatic carboxylic acids is 1. The number of imidazole rings is 1. The first-order valence-electron chi connectivity index (χ1n) is 3.56. The predicted molar refractivity (Wildman–Crippen MR) is 39.9 cm³/mol. The van der Waals surface area contributed by atoms with Crippen molar-refractivity contribution in [3.63, 3.8) is 0 Å². The molecule has 0 aliphatic carbocycles. The van der Waals surface area contributed by atoms with Crippen LogP contribution in [0.1, 0.15) is 16.3 Å². The van der Waals surface area contributed by atoms with Crippen molar-refractivity contribution in [3.8, 4) is 0 Å². The Bertz CT molecular complexity index is 322. The second kappa shape index (κ2) is 3.51. The SMILES string of the molecule is Cc1nc(C(=O)O)cn1CC(F)F. The highest BCUT2D eigenvalue weighted by atomic mass is 19.3. The van der Waals surface area contributed by atoms with Gasteiger partial charge in [0.15, 0.2) is 5.69 Å². The molecule has 0 aliphatic heterocycles. The van der Waals surface area contributed by atoms with Crippen LogP contribution in [0, 0.1) is 6.92 Å². The number of alkyl halides is 2. The van der Waals surface area contributed by atoms with Crippen molar-refractivity contribution >= 4 is 5.97 Å². The highest BCUT2D eigenvalue weighted by molar-refractivity contribution is 5.85. The molecule has 1 aromatic heterocycles. The number of carboxylic acids is 1. The number of halogens is 2. The Hall–Kier alpha value is -1.46. The van der Waals surface area contributed by atoms with Gasteiger partial charge in [-0.1, -0.05) is 0 Å². The minimum absolute atomic E-state index is 0.210. The van der Waals surface area contributed by atoms with E-state index in [4.69, 9.17) is 5.11 Å². The Morgan fingerprint density at radius 3 is 2.77 bits per heavy atom. The van der Waals surface area contributed by atoms with Crippen molar-refractivity contribution in [2.24, 2.45) is 0 Å². The van der Waals surface area contributed by atoms with Gasteiger partial charge in [0, 0.05) is 6.20 Å². The van der Waals surface area contributed by atoms with Crippen LogP contribution in [-0.2, 0) is 6.54 Å². The van der Waals surface area contributed by atoms with Crippen LogP contribution < -0.4 is 0 Å². The first kappa shape index (κ1) is 9.63. The van der Waals surface area contributed by atoms with Gasteiger partial charge in [-0.3, -0.25) is 0 Å². The summed E-state index contributed by atoms with van der Waals surface area (Å²) in [6.07, 6.45) is -1.40. The Balaban J connectivity index is 2.90. The molecule has 1 aromatic rings. The van der Waals surface area contributed by atoms with Gasteiger partial charge < -0.3 is 9.67 Å². The zero-order chi connectivity index (χ0) is 10.0. The minimum atomic E-state index is -2.51. The molecule has 0 amide bonds. The van der Waals surface area contributed by atoms with Gasteiger partial charge in [-0.25, -0.2) is 18.6 Å². The number of rotatable bonds is 3. The number of carboxylic acid groups (broad SMARTS) is 1. The van der Waals surface area contributed by atoms with Crippen molar-refractivity contribution in [1.82, 2.24) is 9.55 Å². The van der Waals surface area contributed by atoms with E-state index >= 15 is 0 Å². The van der Waals surface area contributed by atoms with Crippen LogP contribution in [0.15, 0.2) is 6.20 Å². The zero-order valence-electron chi connectivity index (χ0n) is 6.87. The summed E-state index contributed by atoms with van der Waals surface area (Å²) in [4.78, 5) is 14.0. The normalized spacial score (nSPS) is 10.8. The van der Waals surface area contributed by atoms with Gasteiger partial charge in [-0.15, -0.1) is 0 Å². The fourth-order valence-electron chi connectivity index (χ4n) is 0.945. The van der Waals surface area contributed by atoms with Crippen LogP contribution >= 0.6 is 0 Å². The van der Waals surface area contributed by atoms with Gasteiger partial charge >= 0.3 is 5.97 Å². The molecule has 0 bridgehead atoms. The van der Waals surface area contributed by atoms with Crippen LogP contribution in [0.25, 0.3) is 0 Å². The highest BCUT2D eigenvalue weighted by Gasteiger charge is 2.12. The summed E-state index contributed by atoms with van der Waals surface area (Å²) < 4.78 is 24.9. The molecule has 0 radical (unpaired) electrons. The first-order chi connectivity index (χ1) is 6.00. The number of carbonyl (C=O) groups is 1. The minimum Gasteiger partial charge on any atom is -0.476 e. The topological polar surface area (TPSA) is 55.1 Å². The van der Waals surface area contributed by atoms with E-state index in [-0.39, 0.29) is 11.5 Å². The van der Waals surface area contributed by atoms with Crippen molar-refractivity contribution in [2.45, 2.75) is 19.9 Å². The number of aromatic nitrogens is 2. The smallest absolute Gasteiger partial charge is 0.356 e. The van der Waals surface area contributed by atoms with E-state index in [1.54, 1.807) is 0 Å². The van der Waals surface area contributed by atoms with E-state index in [1.807, 2.05) is 0 Å². The van der Waals surface area contributed by atoms with Gasteiger partial charge in [0.25, 0.3) is 6.43 Å². The summed E-state index contributed by atoms with van der Waals surface area (Å²) >= 11 is 0. The quantitative estimate of drug-likeness (QED) is 0.777. The van der Waals surface area contributed by atoms with Crippen molar-refractivity contribution in [1.29, 1.82) is 0 Å². The lowest BCUT2D eigenvalue weighted by atomic mass is 10.5. The van der Waals surface area contributed by atoms with Gasteiger partial charge in [0.1, 0.15) is 5.82 Å². The molecule has 0 saturated carbocycles. The van der Waals surface area contributed by atoms with E-state index in [1.165, 1.54) is 6.92 Å². The molecular formula is C7H8F2N2O2. The molecule has 0 fully saturated rings. The maximum absolute atomic E-state index is 11.9. The summed E-state index contributed by atoms with van der Waals surface area (Å²) in [7, 11) is 0. The van der Waals surface area contributed by atoms with E-state index < -0.39 is 18.9 Å². The average molecular weight is 190 g/mol. The number of hydrogen-bond acceptors (Lipinski definition) is 2. The van der Waals surface area contributed by atoms with Crippen molar-refractivity contribution in [2.75, 3.05) is 0 Å². The summed E-state index contributed by atoms with van der Waals surface area (Å²) in [5.41, 5.74) is -0.210. The molecule has 72 valence electrons. The molecule has 0 aliphatic rings. The second-order valence-electron chi connectivity index (χ2n) is 2.52. The lowest BCUT2D eigenvalue weighted by Crippen LogP contribution is -2.06. The van der Waals surface area contributed by atoms with Gasteiger partial charge in [0.05, 0.1) is 6.54 Å². The molecule has 0 unspecified atom stereocenters. The van der Waals surface area contributed by atoms with E-state index in [9.17, 15) is 13.6 Å². The third-order valence-corrected chi connectivity index (χ3v) is 1.53.